The number of carbonyl (C=O) groups excluding carboxylic acids is 1. The number of hydrogen-bond acceptors (Lipinski definition) is 3. The van der Waals surface area contributed by atoms with Gasteiger partial charge in [0.1, 0.15) is 0 Å². The Kier molecular flexibility index (Phi) is 6.54. The van der Waals surface area contributed by atoms with Crippen molar-refractivity contribution < 1.29 is 14.7 Å². The van der Waals surface area contributed by atoms with Gasteiger partial charge in [0.25, 0.3) is 0 Å². The van der Waals surface area contributed by atoms with Crippen LogP contribution in [0, 0.1) is 5.41 Å². The molecule has 4 nitrogen and oxygen atoms in total. The summed E-state index contributed by atoms with van der Waals surface area (Å²) in [6.07, 6.45) is 7.41. The van der Waals surface area contributed by atoms with Gasteiger partial charge in [-0.25, -0.2) is 0 Å². The molecule has 1 amide bonds. The number of carboxylic acid groups (broad SMARTS) is 1. The molecule has 2 N–H and O–H groups in total. The Balaban J connectivity index is 2.55. The number of aliphatic carboxylic acids is 1. The normalized spacial score (nSPS) is 18.9. The fourth-order valence-corrected chi connectivity index (χ4v) is 2.84. The van der Waals surface area contributed by atoms with Crippen LogP contribution in [0.1, 0.15) is 44.9 Å². The topological polar surface area (TPSA) is 66.4 Å². The van der Waals surface area contributed by atoms with Crippen LogP contribution < -0.4 is 5.32 Å². The Labute approximate surface area is 113 Å². The minimum absolute atomic E-state index is 0.117. The number of hydrogen-bond donors (Lipinski definition) is 2. The third-order valence-corrected chi connectivity index (χ3v) is 4.25. The minimum Gasteiger partial charge on any atom is -0.481 e. The summed E-state index contributed by atoms with van der Waals surface area (Å²) in [5, 5.41) is 12.3. The third-order valence-electron chi connectivity index (χ3n) is 3.64. The van der Waals surface area contributed by atoms with Crippen molar-refractivity contribution in [2.45, 2.75) is 44.9 Å². The summed E-state index contributed by atoms with van der Waals surface area (Å²) in [5.74, 6) is -0.0519. The van der Waals surface area contributed by atoms with Crippen molar-refractivity contribution in [2.24, 2.45) is 5.41 Å². The minimum atomic E-state index is -0.820. The van der Waals surface area contributed by atoms with Gasteiger partial charge in [0.2, 0.25) is 5.91 Å². The van der Waals surface area contributed by atoms with Crippen LogP contribution in [0.3, 0.4) is 0 Å². The number of nitrogens with one attached hydrogen (secondary N) is 1. The average molecular weight is 273 g/mol. The van der Waals surface area contributed by atoms with Gasteiger partial charge in [-0.1, -0.05) is 25.7 Å². The maximum absolute atomic E-state index is 11.8. The van der Waals surface area contributed by atoms with E-state index in [2.05, 4.69) is 5.32 Å². The molecular formula is C13H23NO3S. The van der Waals surface area contributed by atoms with Gasteiger partial charge < -0.3 is 10.4 Å². The first-order valence-electron chi connectivity index (χ1n) is 6.60. The fraction of sp³-hybridized carbons (Fsp3) is 0.846. The maximum Gasteiger partial charge on any atom is 0.310 e. The lowest BCUT2D eigenvalue weighted by Crippen LogP contribution is -2.38. The van der Waals surface area contributed by atoms with Crippen molar-refractivity contribution in [1.82, 2.24) is 5.32 Å². The van der Waals surface area contributed by atoms with E-state index in [1.807, 2.05) is 6.26 Å². The van der Waals surface area contributed by atoms with Crippen molar-refractivity contribution in [3.8, 4) is 0 Å². The lowest BCUT2D eigenvalue weighted by molar-refractivity contribution is -0.152. The van der Waals surface area contributed by atoms with Crippen molar-refractivity contribution >= 4 is 23.6 Å². The van der Waals surface area contributed by atoms with Crippen LogP contribution in [0.5, 0.6) is 0 Å². The monoisotopic (exact) mass is 273 g/mol. The molecule has 0 aromatic heterocycles. The second-order valence-corrected chi connectivity index (χ2v) is 6.00. The highest BCUT2D eigenvalue weighted by atomic mass is 32.2. The molecule has 0 aromatic carbocycles. The summed E-state index contributed by atoms with van der Waals surface area (Å²) in [6.45, 7) is 0.621. The van der Waals surface area contributed by atoms with Crippen LogP contribution in [0.2, 0.25) is 0 Å². The number of thioether (sulfide) groups is 1. The van der Waals surface area contributed by atoms with Gasteiger partial charge in [-0.15, -0.1) is 0 Å². The van der Waals surface area contributed by atoms with E-state index in [-0.39, 0.29) is 12.3 Å². The summed E-state index contributed by atoms with van der Waals surface area (Å²) >= 11 is 1.67. The molecule has 1 aliphatic carbocycles. The molecule has 1 rings (SSSR count). The van der Waals surface area contributed by atoms with E-state index in [1.165, 1.54) is 0 Å². The van der Waals surface area contributed by atoms with Crippen LogP contribution in [-0.4, -0.2) is 35.5 Å². The van der Waals surface area contributed by atoms with E-state index < -0.39 is 11.4 Å². The highest BCUT2D eigenvalue weighted by Crippen LogP contribution is 2.38. The Morgan fingerprint density at radius 1 is 1.22 bits per heavy atom. The van der Waals surface area contributed by atoms with E-state index in [0.29, 0.717) is 19.4 Å². The summed E-state index contributed by atoms with van der Waals surface area (Å²) in [4.78, 5) is 23.3. The second kappa shape index (κ2) is 7.67. The van der Waals surface area contributed by atoms with E-state index in [1.54, 1.807) is 11.8 Å². The molecule has 0 aromatic rings. The van der Waals surface area contributed by atoms with Gasteiger partial charge in [0.05, 0.1) is 5.41 Å². The SMILES string of the molecule is CSCCNC(=O)CC1(C(=O)O)CCCCCC1. The molecule has 1 aliphatic rings. The van der Waals surface area contributed by atoms with Gasteiger partial charge in [-0.2, -0.15) is 11.8 Å². The number of amides is 1. The number of carboxylic acids is 1. The highest BCUT2D eigenvalue weighted by Gasteiger charge is 2.40. The van der Waals surface area contributed by atoms with Crippen LogP contribution in [0.4, 0.5) is 0 Å². The number of carbonyl (C=O) groups is 2. The molecule has 0 spiro atoms. The van der Waals surface area contributed by atoms with Crippen LogP contribution in [0.15, 0.2) is 0 Å². The van der Waals surface area contributed by atoms with Crippen LogP contribution in [0.25, 0.3) is 0 Å². The molecule has 0 heterocycles. The zero-order chi connectivity index (χ0) is 13.4. The van der Waals surface area contributed by atoms with Crippen molar-refractivity contribution in [3.05, 3.63) is 0 Å². The molecule has 1 fully saturated rings. The molecule has 0 aliphatic heterocycles. The first-order chi connectivity index (χ1) is 8.60. The highest BCUT2D eigenvalue weighted by molar-refractivity contribution is 7.98. The summed E-state index contributed by atoms with van der Waals surface area (Å²) in [7, 11) is 0. The van der Waals surface area contributed by atoms with Crippen molar-refractivity contribution in [3.63, 3.8) is 0 Å². The predicted molar refractivity (Wildman–Crippen MR) is 73.8 cm³/mol. The Hall–Kier alpha value is -0.710. The second-order valence-electron chi connectivity index (χ2n) is 5.02. The lowest BCUT2D eigenvalue weighted by Gasteiger charge is -2.27. The average Bonchev–Trinajstić information content (AvgIpc) is 2.56. The predicted octanol–water partition coefficient (Wildman–Crippen LogP) is 2.28. The Bertz CT molecular complexity index is 286. The van der Waals surface area contributed by atoms with E-state index in [0.717, 1.165) is 31.4 Å². The number of rotatable bonds is 6. The zero-order valence-electron chi connectivity index (χ0n) is 11.0. The standard InChI is InChI=1S/C13H23NO3S/c1-18-9-8-14-11(15)10-13(12(16)17)6-4-2-3-5-7-13/h2-10H2,1H3,(H,14,15)(H,16,17). The Morgan fingerprint density at radius 2 is 1.83 bits per heavy atom. The Morgan fingerprint density at radius 3 is 2.33 bits per heavy atom. The summed E-state index contributed by atoms with van der Waals surface area (Å²) < 4.78 is 0. The lowest BCUT2D eigenvalue weighted by atomic mass is 9.77. The van der Waals surface area contributed by atoms with Crippen molar-refractivity contribution in [2.75, 3.05) is 18.6 Å². The largest absolute Gasteiger partial charge is 0.481 e. The van der Waals surface area contributed by atoms with Gasteiger partial charge in [0, 0.05) is 18.7 Å². The van der Waals surface area contributed by atoms with E-state index >= 15 is 0 Å². The summed E-state index contributed by atoms with van der Waals surface area (Å²) in [5.41, 5.74) is -0.820. The molecule has 0 radical (unpaired) electrons. The van der Waals surface area contributed by atoms with Gasteiger partial charge >= 0.3 is 5.97 Å². The van der Waals surface area contributed by atoms with Gasteiger partial charge in [-0.05, 0) is 19.1 Å². The van der Waals surface area contributed by atoms with Gasteiger partial charge in [0.15, 0.2) is 0 Å². The molecule has 104 valence electrons. The van der Waals surface area contributed by atoms with E-state index in [4.69, 9.17) is 0 Å². The van der Waals surface area contributed by atoms with E-state index in [9.17, 15) is 14.7 Å². The molecular weight excluding hydrogens is 250 g/mol. The quantitative estimate of drug-likeness (QED) is 0.575. The molecule has 5 heteroatoms. The maximum atomic E-state index is 11.8. The van der Waals surface area contributed by atoms with Crippen molar-refractivity contribution in [1.29, 1.82) is 0 Å². The van der Waals surface area contributed by atoms with Crippen LogP contribution in [-0.2, 0) is 9.59 Å². The molecule has 1 saturated carbocycles. The molecule has 18 heavy (non-hydrogen) atoms. The molecule has 0 bridgehead atoms. The van der Waals surface area contributed by atoms with Gasteiger partial charge in [-0.3, -0.25) is 9.59 Å². The van der Waals surface area contributed by atoms with Crippen LogP contribution >= 0.6 is 11.8 Å². The smallest absolute Gasteiger partial charge is 0.310 e. The summed E-state index contributed by atoms with van der Waals surface area (Å²) in [6, 6.07) is 0. The molecule has 0 saturated heterocycles. The molecule has 0 atom stereocenters. The third kappa shape index (κ3) is 4.52. The fourth-order valence-electron chi connectivity index (χ4n) is 2.53. The first kappa shape index (κ1) is 15.3. The zero-order valence-corrected chi connectivity index (χ0v) is 11.9. The first-order valence-corrected chi connectivity index (χ1v) is 7.99. The molecule has 0 unspecified atom stereocenters.